The van der Waals surface area contributed by atoms with Gasteiger partial charge >= 0.3 is 0 Å². The Balaban J connectivity index is 3.09. The third kappa shape index (κ3) is 1.44. The average molecular weight is 303 g/mol. The molecule has 1 aromatic carbocycles. The Morgan fingerprint density at radius 1 is 1.08 bits per heavy atom. The first-order chi connectivity index (χ1) is 6.20. The standard InChI is InChI=1S/C9H5Br2NO/c10-5-1-2-6(11)9-8(5)7(13)3-4-12-9/h1-4H,(H,12,13). The smallest absolute Gasteiger partial charge is 0.190 e. The second-order valence-electron chi connectivity index (χ2n) is 2.62. The van der Waals surface area contributed by atoms with Gasteiger partial charge in [-0.25, -0.2) is 0 Å². The van der Waals surface area contributed by atoms with Crippen molar-refractivity contribution in [3.8, 4) is 0 Å². The van der Waals surface area contributed by atoms with E-state index in [1.54, 1.807) is 6.20 Å². The first-order valence-electron chi connectivity index (χ1n) is 3.65. The summed E-state index contributed by atoms with van der Waals surface area (Å²) in [5.41, 5.74) is 0.837. The fraction of sp³-hybridized carbons (Fsp3) is 0. The van der Waals surface area contributed by atoms with Crippen LogP contribution in [0.25, 0.3) is 10.9 Å². The molecule has 0 atom stereocenters. The molecule has 0 aliphatic rings. The van der Waals surface area contributed by atoms with Crippen molar-refractivity contribution in [3.63, 3.8) is 0 Å². The van der Waals surface area contributed by atoms with Crippen LogP contribution in [0.2, 0.25) is 0 Å². The molecule has 0 aliphatic carbocycles. The maximum Gasteiger partial charge on any atom is 0.190 e. The van der Waals surface area contributed by atoms with Gasteiger partial charge in [0.15, 0.2) is 5.43 Å². The van der Waals surface area contributed by atoms with Crippen molar-refractivity contribution in [2.45, 2.75) is 0 Å². The number of aromatic amines is 1. The van der Waals surface area contributed by atoms with E-state index in [0.717, 1.165) is 14.5 Å². The number of pyridine rings is 1. The minimum atomic E-state index is 0.0157. The fourth-order valence-electron chi connectivity index (χ4n) is 1.22. The molecule has 0 saturated carbocycles. The number of fused-ring (bicyclic) bond motifs is 1. The van der Waals surface area contributed by atoms with Crippen LogP contribution in [0.15, 0.2) is 38.1 Å². The minimum Gasteiger partial charge on any atom is -0.360 e. The van der Waals surface area contributed by atoms with Gasteiger partial charge in [-0.05, 0) is 44.0 Å². The molecule has 13 heavy (non-hydrogen) atoms. The van der Waals surface area contributed by atoms with Crippen LogP contribution in [0.1, 0.15) is 0 Å². The van der Waals surface area contributed by atoms with Crippen molar-refractivity contribution in [3.05, 3.63) is 43.6 Å². The molecule has 1 N–H and O–H groups in total. The molecule has 1 heterocycles. The molecule has 2 rings (SSSR count). The van der Waals surface area contributed by atoms with Crippen molar-refractivity contribution in [1.82, 2.24) is 4.98 Å². The predicted molar refractivity (Wildman–Crippen MR) is 60.0 cm³/mol. The van der Waals surface area contributed by atoms with Gasteiger partial charge in [0.2, 0.25) is 0 Å². The summed E-state index contributed by atoms with van der Waals surface area (Å²) in [4.78, 5) is 14.5. The van der Waals surface area contributed by atoms with Crippen LogP contribution in [0.5, 0.6) is 0 Å². The highest BCUT2D eigenvalue weighted by Crippen LogP contribution is 2.25. The van der Waals surface area contributed by atoms with Gasteiger partial charge in [-0.15, -0.1) is 0 Å². The number of aromatic nitrogens is 1. The van der Waals surface area contributed by atoms with E-state index in [2.05, 4.69) is 36.8 Å². The molecule has 1 aromatic heterocycles. The van der Waals surface area contributed by atoms with E-state index < -0.39 is 0 Å². The predicted octanol–water partition coefficient (Wildman–Crippen LogP) is 3.05. The van der Waals surface area contributed by atoms with Crippen molar-refractivity contribution in [2.24, 2.45) is 0 Å². The Kier molecular flexibility index (Phi) is 2.26. The van der Waals surface area contributed by atoms with Crippen molar-refractivity contribution < 1.29 is 0 Å². The zero-order valence-electron chi connectivity index (χ0n) is 6.47. The van der Waals surface area contributed by atoms with Gasteiger partial charge in [0.05, 0.1) is 10.9 Å². The summed E-state index contributed by atoms with van der Waals surface area (Å²) in [6.45, 7) is 0. The van der Waals surface area contributed by atoms with Gasteiger partial charge in [0, 0.05) is 21.2 Å². The Morgan fingerprint density at radius 2 is 1.77 bits per heavy atom. The van der Waals surface area contributed by atoms with Gasteiger partial charge < -0.3 is 4.98 Å². The zero-order valence-corrected chi connectivity index (χ0v) is 9.65. The molecule has 4 heteroatoms. The molecule has 2 aromatic rings. The number of H-pyrrole nitrogens is 1. The van der Waals surface area contributed by atoms with E-state index >= 15 is 0 Å². The third-order valence-corrected chi connectivity index (χ3v) is 3.13. The molecule has 0 unspecified atom stereocenters. The Labute approximate surface area is 91.2 Å². The monoisotopic (exact) mass is 301 g/mol. The zero-order chi connectivity index (χ0) is 9.42. The first kappa shape index (κ1) is 8.97. The Hall–Kier alpha value is -0.610. The van der Waals surface area contributed by atoms with Crippen molar-refractivity contribution >= 4 is 42.8 Å². The number of rotatable bonds is 0. The second-order valence-corrected chi connectivity index (χ2v) is 4.33. The van der Waals surface area contributed by atoms with Crippen LogP contribution in [-0.2, 0) is 0 Å². The largest absolute Gasteiger partial charge is 0.360 e. The second kappa shape index (κ2) is 3.27. The van der Waals surface area contributed by atoms with Crippen LogP contribution < -0.4 is 5.43 Å². The maximum absolute atomic E-state index is 11.5. The molecule has 0 spiro atoms. The van der Waals surface area contributed by atoms with E-state index in [0.29, 0.717) is 5.39 Å². The summed E-state index contributed by atoms with van der Waals surface area (Å²) in [5.74, 6) is 0. The van der Waals surface area contributed by atoms with Crippen molar-refractivity contribution in [2.75, 3.05) is 0 Å². The van der Waals surface area contributed by atoms with Crippen molar-refractivity contribution in [1.29, 1.82) is 0 Å². The molecular formula is C9H5Br2NO. The van der Waals surface area contributed by atoms with E-state index in [9.17, 15) is 4.79 Å². The number of benzene rings is 1. The van der Waals surface area contributed by atoms with Gasteiger partial charge in [0.25, 0.3) is 0 Å². The van der Waals surface area contributed by atoms with Crippen LogP contribution >= 0.6 is 31.9 Å². The molecule has 2 nitrogen and oxygen atoms in total. The molecule has 0 amide bonds. The lowest BCUT2D eigenvalue weighted by molar-refractivity contribution is 1.37. The Bertz CT molecular complexity index is 518. The topological polar surface area (TPSA) is 32.9 Å². The van der Waals surface area contributed by atoms with E-state index in [-0.39, 0.29) is 5.43 Å². The SMILES string of the molecule is O=c1cc[nH]c2c(Br)ccc(Br)c12. The highest BCUT2D eigenvalue weighted by molar-refractivity contribution is 9.11. The van der Waals surface area contributed by atoms with Crippen LogP contribution in [0.3, 0.4) is 0 Å². The van der Waals surface area contributed by atoms with Crippen LogP contribution in [0, 0.1) is 0 Å². The van der Waals surface area contributed by atoms with E-state index in [1.807, 2.05) is 12.1 Å². The van der Waals surface area contributed by atoms with E-state index in [4.69, 9.17) is 0 Å². The number of hydrogen-bond donors (Lipinski definition) is 1. The molecular weight excluding hydrogens is 298 g/mol. The highest BCUT2D eigenvalue weighted by atomic mass is 79.9. The quantitative estimate of drug-likeness (QED) is 0.797. The molecule has 0 fully saturated rings. The molecule has 0 radical (unpaired) electrons. The maximum atomic E-state index is 11.5. The summed E-state index contributed by atoms with van der Waals surface area (Å²) in [5, 5.41) is 0.678. The number of hydrogen-bond acceptors (Lipinski definition) is 1. The average Bonchev–Trinajstić information content (AvgIpc) is 2.12. The van der Waals surface area contributed by atoms with E-state index in [1.165, 1.54) is 6.07 Å². The lowest BCUT2D eigenvalue weighted by Crippen LogP contribution is -2.00. The molecule has 66 valence electrons. The third-order valence-electron chi connectivity index (χ3n) is 1.81. The normalized spacial score (nSPS) is 10.6. The molecule has 0 bridgehead atoms. The summed E-state index contributed by atoms with van der Waals surface area (Å²) in [7, 11) is 0. The van der Waals surface area contributed by atoms with Gasteiger partial charge in [-0.2, -0.15) is 0 Å². The summed E-state index contributed by atoms with van der Waals surface area (Å²) >= 11 is 6.72. The minimum absolute atomic E-state index is 0.0157. The van der Waals surface area contributed by atoms with Gasteiger partial charge in [-0.1, -0.05) is 0 Å². The Morgan fingerprint density at radius 3 is 2.46 bits per heavy atom. The van der Waals surface area contributed by atoms with Crippen LogP contribution in [-0.4, -0.2) is 4.98 Å². The molecule has 0 saturated heterocycles. The molecule has 0 aliphatic heterocycles. The summed E-state index contributed by atoms with van der Waals surface area (Å²) in [6.07, 6.45) is 1.64. The number of nitrogens with one attached hydrogen (secondary N) is 1. The summed E-state index contributed by atoms with van der Waals surface area (Å²) < 4.78 is 1.70. The highest BCUT2D eigenvalue weighted by Gasteiger charge is 2.04. The first-order valence-corrected chi connectivity index (χ1v) is 5.24. The number of halogens is 2. The lowest BCUT2D eigenvalue weighted by atomic mass is 10.2. The fourth-order valence-corrected chi connectivity index (χ4v) is 2.19. The van der Waals surface area contributed by atoms with Crippen LogP contribution in [0.4, 0.5) is 0 Å². The van der Waals surface area contributed by atoms with Gasteiger partial charge in [-0.3, -0.25) is 4.79 Å². The lowest BCUT2D eigenvalue weighted by Gasteiger charge is -2.01. The summed E-state index contributed by atoms with van der Waals surface area (Å²) in [6, 6.07) is 5.25. The van der Waals surface area contributed by atoms with Gasteiger partial charge in [0.1, 0.15) is 0 Å².